The van der Waals surface area contributed by atoms with E-state index in [2.05, 4.69) is 15.6 Å². The molecule has 0 bridgehead atoms. The molecule has 1 heterocycles. The number of pyridine rings is 1. The van der Waals surface area contributed by atoms with Gasteiger partial charge in [-0.05, 0) is 55.0 Å². The van der Waals surface area contributed by atoms with E-state index in [1.807, 2.05) is 25.1 Å². The number of nitrogens with zero attached hydrogens (tertiary/aromatic N) is 1. The third kappa shape index (κ3) is 4.29. The van der Waals surface area contributed by atoms with Gasteiger partial charge in [-0.2, -0.15) is 0 Å². The first kappa shape index (κ1) is 17.3. The minimum atomic E-state index is -0.249. The molecule has 0 aliphatic heterocycles. The van der Waals surface area contributed by atoms with E-state index in [1.54, 1.807) is 36.5 Å². The van der Waals surface area contributed by atoms with Crippen LogP contribution in [0.5, 0.6) is 0 Å². The minimum absolute atomic E-state index is 0.249. The Balaban J connectivity index is 1.77. The molecule has 1 aromatic heterocycles. The number of carbonyl (C=O) groups excluding carboxylic acids is 1. The van der Waals surface area contributed by atoms with Gasteiger partial charge in [-0.25, -0.2) is 0 Å². The summed E-state index contributed by atoms with van der Waals surface area (Å²) in [5.74, 6) is -0.249. The van der Waals surface area contributed by atoms with E-state index in [-0.39, 0.29) is 5.91 Å². The first-order valence-corrected chi connectivity index (χ1v) is 8.32. The second-order valence-corrected chi connectivity index (χ2v) is 6.30. The van der Waals surface area contributed by atoms with Crippen molar-refractivity contribution in [1.29, 1.82) is 0 Å². The maximum Gasteiger partial charge on any atom is 0.257 e. The predicted molar refractivity (Wildman–Crippen MR) is 103 cm³/mol. The summed E-state index contributed by atoms with van der Waals surface area (Å²) < 4.78 is 0. The summed E-state index contributed by atoms with van der Waals surface area (Å²) in [5.41, 5.74) is 3.61. The standard InChI is InChI=1S/C19H15Cl2N3O/c1-12-17(21)3-2-4-18(12)23-16-9-13(10-22-11-16)19(25)24-15-7-5-14(20)6-8-15/h2-11,23H,1H3,(H,24,25). The number of benzene rings is 2. The van der Waals surface area contributed by atoms with Crippen molar-refractivity contribution in [3.63, 3.8) is 0 Å². The number of hydrogen-bond donors (Lipinski definition) is 2. The fraction of sp³-hybridized carbons (Fsp3) is 0.0526. The van der Waals surface area contributed by atoms with Gasteiger partial charge in [-0.3, -0.25) is 9.78 Å². The molecule has 0 atom stereocenters. The number of anilines is 3. The molecule has 0 radical (unpaired) electrons. The maximum atomic E-state index is 12.4. The van der Waals surface area contributed by atoms with E-state index in [4.69, 9.17) is 23.2 Å². The summed E-state index contributed by atoms with van der Waals surface area (Å²) in [6, 6.07) is 14.3. The average Bonchev–Trinajstić information content (AvgIpc) is 2.61. The lowest BCUT2D eigenvalue weighted by molar-refractivity contribution is 0.102. The van der Waals surface area contributed by atoms with Gasteiger partial charge in [0.1, 0.15) is 0 Å². The zero-order valence-corrected chi connectivity index (χ0v) is 14.9. The Morgan fingerprint density at radius 3 is 2.52 bits per heavy atom. The lowest BCUT2D eigenvalue weighted by Crippen LogP contribution is -2.12. The van der Waals surface area contributed by atoms with Gasteiger partial charge in [0.15, 0.2) is 0 Å². The zero-order chi connectivity index (χ0) is 17.8. The third-order valence-electron chi connectivity index (χ3n) is 3.65. The van der Waals surface area contributed by atoms with Gasteiger partial charge in [0.05, 0.1) is 17.4 Å². The number of nitrogens with one attached hydrogen (secondary N) is 2. The molecule has 25 heavy (non-hydrogen) atoms. The van der Waals surface area contributed by atoms with Crippen molar-refractivity contribution in [2.75, 3.05) is 10.6 Å². The maximum absolute atomic E-state index is 12.4. The van der Waals surface area contributed by atoms with Crippen LogP contribution in [0.4, 0.5) is 17.1 Å². The lowest BCUT2D eigenvalue weighted by atomic mass is 10.2. The summed E-state index contributed by atoms with van der Waals surface area (Å²) in [7, 11) is 0. The van der Waals surface area contributed by atoms with Gasteiger partial charge in [0.2, 0.25) is 0 Å². The molecule has 0 aliphatic rings. The quantitative estimate of drug-likeness (QED) is 0.618. The Kier molecular flexibility index (Phi) is 5.22. The SMILES string of the molecule is Cc1c(Cl)cccc1Nc1cncc(C(=O)Nc2ccc(Cl)cc2)c1. The second kappa shape index (κ2) is 7.55. The van der Waals surface area contributed by atoms with E-state index in [9.17, 15) is 4.79 Å². The molecule has 2 N–H and O–H groups in total. The van der Waals surface area contributed by atoms with Crippen LogP contribution in [0.25, 0.3) is 0 Å². The Hall–Kier alpha value is -2.56. The van der Waals surface area contributed by atoms with Crippen LogP contribution in [0.2, 0.25) is 10.0 Å². The molecule has 4 nitrogen and oxygen atoms in total. The van der Waals surface area contributed by atoms with Crippen molar-refractivity contribution >= 4 is 46.2 Å². The third-order valence-corrected chi connectivity index (χ3v) is 4.31. The topological polar surface area (TPSA) is 54.0 Å². The summed E-state index contributed by atoms with van der Waals surface area (Å²) in [6.07, 6.45) is 3.17. The van der Waals surface area contributed by atoms with Gasteiger partial charge in [0.25, 0.3) is 5.91 Å². The van der Waals surface area contributed by atoms with E-state index in [0.29, 0.717) is 27.0 Å². The first-order chi connectivity index (χ1) is 12.0. The second-order valence-electron chi connectivity index (χ2n) is 5.46. The minimum Gasteiger partial charge on any atom is -0.354 e. The molecule has 0 saturated carbocycles. The number of amides is 1. The smallest absolute Gasteiger partial charge is 0.257 e. The van der Waals surface area contributed by atoms with Gasteiger partial charge >= 0.3 is 0 Å². The molecular weight excluding hydrogens is 357 g/mol. The summed E-state index contributed by atoms with van der Waals surface area (Å²) in [6.45, 7) is 1.93. The molecule has 0 fully saturated rings. The number of carbonyl (C=O) groups is 1. The number of hydrogen-bond acceptors (Lipinski definition) is 3. The van der Waals surface area contributed by atoms with E-state index in [1.165, 1.54) is 6.20 Å². The van der Waals surface area contributed by atoms with E-state index >= 15 is 0 Å². The van der Waals surface area contributed by atoms with Crippen LogP contribution in [0.3, 0.4) is 0 Å². The van der Waals surface area contributed by atoms with Crippen molar-refractivity contribution in [3.8, 4) is 0 Å². The molecule has 1 amide bonds. The van der Waals surface area contributed by atoms with Crippen molar-refractivity contribution in [2.24, 2.45) is 0 Å². The predicted octanol–water partition coefficient (Wildman–Crippen LogP) is 5.69. The summed E-state index contributed by atoms with van der Waals surface area (Å²) in [5, 5.41) is 7.33. The van der Waals surface area contributed by atoms with Crippen LogP contribution < -0.4 is 10.6 Å². The largest absolute Gasteiger partial charge is 0.354 e. The molecule has 3 aromatic rings. The number of rotatable bonds is 4. The Labute approximate surface area is 155 Å². The van der Waals surface area contributed by atoms with Crippen molar-refractivity contribution in [3.05, 3.63) is 82.1 Å². The highest BCUT2D eigenvalue weighted by Crippen LogP contribution is 2.26. The normalized spacial score (nSPS) is 10.4. The Morgan fingerprint density at radius 1 is 1.00 bits per heavy atom. The van der Waals surface area contributed by atoms with Crippen molar-refractivity contribution in [2.45, 2.75) is 6.92 Å². The molecule has 0 aliphatic carbocycles. The van der Waals surface area contributed by atoms with Crippen molar-refractivity contribution < 1.29 is 4.79 Å². The molecule has 3 rings (SSSR count). The van der Waals surface area contributed by atoms with Crippen LogP contribution in [0.15, 0.2) is 60.9 Å². The number of aromatic nitrogens is 1. The van der Waals surface area contributed by atoms with E-state index < -0.39 is 0 Å². The highest BCUT2D eigenvalue weighted by Gasteiger charge is 2.09. The number of halogens is 2. The molecule has 0 saturated heterocycles. The Bertz CT molecular complexity index is 911. The van der Waals surface area contributed by atoms with Gasteiger partial charge in [-0.1, -0.05) is 29.3 Å². The Morgan fingerprint density at radius 2 is 1.76 bits per heavy atom. The zero-order valence-electron chi connectivity index (χ0n) is 13.4. The van der Waals surface area contributed by atoms with Crippen LogP contribution in [-0.2, 0) is 0 Å². The van der Waals surface area contributed by atoms with Crippen LogP contribution in [0, 0.1) is 6.92 Å². The highest BCUT2D eigenvalue weighted by molar-refractivity contribution is 6.31. The van der Waals surface area contributed by atoms with Crippen LogP contribution in [0.1, 0.15) is 15.9 Å². The fourth-order valence-electron chi connectivity index (χ4n) is 2.27. The monoisotopic (exact) mass is 371 g/mol. The van der Waals surface area contributed by atoms with Crippen LogP contribution >= 0.6 is 23.2 Å². The van der Waals surface area contributed by atoms with Gasteiger partial charge < -0.3 is 10.6 Å². The van der Waals surface area contributed by atoms with Crippen LogP contribution in [-0.4, -0.2) is 10.9 Å². The van der Waals surface area contributed by atoms with E-state index in [0.717, 1.165) is 11.3 Å². The van der Waals surface area contributed by atoms with Gasteiger partial charge in [0, 0.05) is 27.6 Å². The molecule has 0 spiro atoms. The lowest BCUT2D eigenvalue weighted by Gasteiger charge is -2.11. The highest BCUT2D eigenvalue weighted by atomic mass is 35.5. The molecular formula is C19H15Cl2N3O. The molecule has 6 heteroatoms. The van der Waals surface area contributed by atoms with Gasteiger partial charge in [-0.15, -0.1) is 0 Å². The average molecular weight is 372 g/mol. The molecule has 126 valence electrons. The molecule has 2 aromatic carbocycles. The summed E-state index contributed by atoms with van der Waals surface area (Å²) in [4.78, 5) is 16.5. The summed E-state index contributed by atoms with van der Waals surface area (Å²) >= 11 is 12.0. The van der Waals surface area contributed by atoms with Crippen molar-refractivity contribution in [1.82, 2.24) is 4.98 Å². The fourth-order valence-corrected chi connectivity index (χ4v) is 2.57. The molecule has 0 unspecified atom stereocenters. The first-order valence-electron chi connectivity index (χ1n) is 7.57.